The van der Waals surface area contributed by atoms with Crippen molar-refractivity contribution in [2.75, 3.05) is 0 Å². The molecule has 5 nitrogen and oxygen atoms in total. The van der Waals surface area contributed by atoms with Crippen LogP contribution < -0.4 is 5.32 Å². The summed E-state index contributed by atoms with van der Waals surface area (Å²) >= 11 is 0. The summed E-state index contributed by atoms with van der Waals surface area (Å²) in [6.45, 7) is 6.03. The van der Waals surface area contributed by atoms with Crippen LogP contribution in [0.1, 0.15) is 69.1 Å². The lowest BCUT2D eigenvalue weighted by Gasteiger charge is -2.55. The first-order chi connectivity index (χ1) is 13.6. The highest BCUT2D eigenvalue weighted by atomic mass is 16.6. The molecule has 4 saturated carbocycles. The predicted molar refractivity (Wildman–Crippen MR) is 112 cm³/mol. The Kier molecular flexibility index (Phi) is 4.00. The molecule has 0 unspecified atom stereocenters. The number of allylic oxidation sites excluding steroid dienone is 1. The minimum absolute atomic E-state index is 0.124. The molecule has 0 amide bonds. The Hall–Kier alpha value is -2.17. The molecule has 29 heavy (non-hydrogen) atoms. The first kappa shape index (κ1) is 18.8. The van der Waals surface area contributed by atoms with Crippen molar-refractivity contribution in [1.29, 1.82) is 0 Å². The Balaban J connectivity index is 1.55. The van der Waals surface area contributed by atoms with Crippen molar-refractivity contribution in [2.45, 2.75) is 71.3 Å². The molecule has 0 aromatic heterocycles. The zero-order valence-electron chi connectivity index (χ0n) is 17.6. The molecule has 1 heterocycles. The van der Waals surface area contributed by atoms with E-state index in [1.807, 2.05) is 6.07 Å². The number of carbonyl (C=O) groups is 1. The minimum atomic E-state index is -0.326. The summed E-state index contributed by atoms with van der Waals surface area (Å²) in [5.74, 6) is 2.40. The summed E-state index contributed by atoms with van der Waals surface area (Å²) in [6.07, 6.45) is 9.60. The Morgan fingerprint density at radius 1 is 1.14 bits per heavy atom. The van der Waals surface area contributed by atoms with E-state index in [-0.39, 0.29) is 27.3 Å². The van der Waals surface area contributed by atoms with Crippen molar-refractivity contribution in [3.8, 4) is 0 Å². The maximum absolute atomic E-state index is 13.6. The lowest BCUT2D eigenvalue weighted by Crippen LogP contribution is -2.50. The quantitative estimate of drug-likeness (QED) is 0.447. The lowest BCUT2D eigenvalue weighted by molar-refractivity contribution is -0.385. The molecule has 4 fully saturated rings. The Morgan fingerprint density at radius 3 is 2.28 bits per heavy atom. The maximum Gasteiger partial charge on any atom is 0.272 e. The Labute approximate surface area is 172 Å². The zero-order valence-corrected chi connectivity index (χ0v) is 17.6. The highest BCUT2D eigenvalue weighted by molar-refractivity contribution is 6.01. The molecule has 5 aliphatic rings. The fourth-order valence-electron chi connectivity index (χ4n) is 7.11. The van der Waals surface area contributed by atoms with E-state index in [0.29, 0.717) is 5.56 Å². The van der Waals surface area contributed by atoms with Gasteiger partial charge in [-0.3, -0.25) is 14.9 Å². The summed E-state index contributed by atoms with van der Waals surface area (Å²) in [4.78, 5) is 24.8. The number of hydrogen-bond donors (Lipinski definition) is 1. The first-order valence-electron chi connectivity index (χ1n) is 11.0. The van der Waals surface area contributed by atoms with Crippen LogP contribution in [-0.2, 0) is 11.2 Å². The molecule has 4 bridgehead atoms. The number of rotatable bonds is 3. The van der Waals surface area contributed by atoms with Crippen molar-refractivity contribution in [3.63, 3.8) is 0 Å². The molecule has 1 aliphatic heterocycles. The summed E-state index contributed by atoms with van der Waals surface area (Å²) in [5.41, 5.74) is 3.09. The van der Waals surface area contributed by atoms with Gasteiger partial charge in [0, 0.05) is 39.9 Å². The average molecular weight is 395 g/mol. The van der Waals surface area contributed by atoms with Crippen LogP contribution in [0.2, 0.25) is 0 Å². The van der Waals surface area contributed by atoms with Crippen molar-refractivity contribution in [2.24, 2.45) is 23.2 Å². The number of nitrogens with zero attached hydrogens (tertiary/aromatic N) is 1. The number of nitro groups is 1. The van der Waals surface area contributed by atoms with E-state index >= 15 is 0 Å². The van der Waals surface area contributed by atoms with E-state index in [1.54, 1.807) is 19.1 Å². The van der Waals surface area contributed by atoms with Gasteiger partial charge in [0.05, 0.1) is 4.92 Å². The van der Waals surface area contributed by atoms with Crippen molar-refractivity contribution < 1.29 is 9.72 Å². The molecule has 6 rings (SSSR count). The van der Waals surface area contributed by atoms with E-state index in [4.69, 9.17) is 0 Å². The molecule has 5 heteroatoms. The number of ketones is 1. The van der Waals surface area contributed by atoms with Crippen LogP contribution in [0.5, 0.6) is 0 Å². The van der Waals surface area contributed by atoms with E-state index < -0.39 is 0 Å². The molecule has 0 spiro atoms. The summed E-state index contributed by atoms with van der Waals surface area (Å²) in [5, 5.41) is 15.0. The third-order valence-electron chi connectivity index (χ3n) is 7.85. The molecule has 4 aliphatic carbocycles. The Bertz CT molecular complexity index is 908. The molecular formula is C24H30N2O3. The maximum atomic E-state index is 13.6. The molecular weight excluding hydrogens is 364 g/mol. The van der Waals surface area contributed by atoms with Gasteiger partial charge >= 0.3 is 0 Å². The number of carbonyl (C=O) groups excluding carboxylic acids is 1. The van der Waals surface area contributed by atoms with Gasteiger partial charge in [-0.25, -0.2) is 0 Å². The third kappa shape index (κ3) is 3.10. The zero-order chi connectivity index (χ0) is 20.6. The minimum Gasteiger partial charge on any atom is -0.379 e. The van der Waals surface area contributed by atoms with Gasteiger partial charge in [0.2, 0.25) is 0 Å². The average Bonchev–Trinajstić information content (AvgIpc) is 2.58. The second kappa shape index (κ2) is 6.16. The monoisotopic (exact) mass is 394 g/mol. The van der Waals surface area contributed by atoms with Crippen molar-refractivity contribution >= 4 is 17.2 Å². The summed E-state index contributed by atoms with van der Waals surface area (Å²) in [6, 6.07) is 3.59. The van der Waals surface area contributed by atoms with Gasteiger partial charge in [0.15, 0.2) is 5.78 Å². The van der Waals surface area contributed by atoms with Gasteiger partial charge < -0.3 is 5.32 Å². The van der Waals surface area contributed by atoms with Gasteiger partial charge in [0.1, 0.15) is 0 Å². The number of hydrogen-bond acceptors (Lipinski definition) is 4. The van der Waals surface area contributed by atoms with E-state index in [2.05, 4.69) is 19.2 Å². The largest absolute Gasteiger partial charge is 0.379 e. The van der Waals surface area contributed by atoms with E-state index in [0.717, 1.165) is 60.3 Å². The normalized spacial score (nSPS) is 35.3. The molecule has 154 valence electrons. The number of nitro benzene ring substituents is 1. The SMILES string of the molecule is Cc1cc2c(cc1[N+](=O)[O-])/C(=C/C(=O)C13CC4CC(CC(C4)C1)C3)NC(C)(C)C2. The van der Waals surface area contributed by atoms with Crippen LogP contribution in [0.3, 0.4) is 0 Å². The van der Waals surface area contributed by atoms with Crippen molar-refractivity contribution in [1.82, 2.24) is 5.32 Å². The van der Waals surface area contributed by atoms with Gasteiger partial charge in [-0.1, -0.05) is 0 Å². The number of fused-ring (bicyclic) bond motifs is 1. The topological polar surface area (TPSA) is 72.2 Å². The first-order valence-corrected chi connectivity index (χ1v) is 11.0. The smallest absolute Gasteiger partial charge is 0.272 e. The number of nitrogens with one attached hydrogen (secondary N) is 1. The van der Waals surface area contributed by atoms with Crippen LogP contribution in [0.4, 0.5) is 5.69 Å². The number of benzene rings is 1. The standard InChI is InChI=1S/C24H30N2O3/c1-14-4-18-13-23(2,3)25-20(19(18)8-21(14)26(28)29)9-22(27)24-10-15-5-16(11-24)7-17(6-15)12-24/h4,8-9,15-17,25H,5-7,10-13H2,1-3H3/b20-9-. The van der Waals surface area contributed by atoms with Gasteiger partial charge in [-0.15, -0.1) is 0 Å². The van der Waals surface area contributed by atoms with Gasteiger partial charge in [0.25, 0.3) is 5.69 Å². The van der Waals surface area contributed by atoms with Crippen LogP contribution in [0, 0.1) is 40.2 Å². The van der Waals surface area contributed by atoms with E-state index in [1.165, 1.54) is 19.3 Å². The fourth-order valence-corrected chi connectivity index (χ4v) is 7.11. The van der Waals surface area contributed by atoms with Crippen LogP contribution >= 0.6 is 0 Å². The third-order valence-corrected chi connectivity index (χ3v) is 7.85. The van der Waals surface area contributed by atoms with Gasteiger partial charge in [-0.05, 0) is 95.1 Å². The van der Waals surface area contributed by atoms with Crippen LogP contribution in [0.25, 0.3) is 5.70 Å². The molecule has 0 atom stereocenters. The molecule has 0 saturated heterocycles. The van der Waals surface area contributed by atoms with Gasteiger partial charge in [-0.2, -0.15) is 0 Å². The lowest BCUT2D eigenvalue weighted by atomic mass is 9.48. The summed E-state index contributed by atoms with van der Waals surface area (Å²) in [7, 11) is 0. The molecule has 1 N–H and O–H groups in total. The van der Waals surface area contributed by atoms with Crippen LogP contribution in [-0.4, -0.2) is 16.2 Å². The highest BCUT2D eigenvalue weighted by Gasteiger charge is 2.54. The Morgan fingerprint density at radius 2 is 1.72 bits per heavy atom. The van der Waals surface area contributed by atoms with Crippen molar-refractivity contribution in [3.05, 3.63) is 45.0 Å². The molecule has 1 aromatic carbocycles. The summed E-state index contributed by atoms with van der Waals surface area (Å²) < 4.78 is 0. The second-order valence-corrected chi connectivity index (χ2v) is 10.9. The molecule has 1 aromatic rings. The number of aryl methyl sites for hydroxylation is 1. The second-order valence-electron chi connectivity index (χ2n) is 10.9. The van der Waals surface area contributed by atoms with E-state index in [9.17, 15) is 14.9 Å². The molecule has 0 radical (unpaired) electrons. The fraction of sp³-hybridized carbons (Fsp3) is 0.625. The predicted octanol–water partition coefficient (Wildman–Crippen LogP) is 4.95. The highest BCUT2D eigenvalue weighted by Crippen LogP contribution is 2.60. The van der Waals surface area contributed by atoms with Crippen LogP contribution in [0.15, 0.2) is 18.2 Å².